The van der Waals surface area contributed by atoms with Gasteiger partial charge in [-0.15, -0.1) is 0 Å². The lowest BCUT2D eigenvalue weighted by molar-refractivity contribution is 0.122. The van der Waals surface area contributed by atoms with Crippen molar-refractivity contribution in [3.63, 3.8) is 0 Å². The maximum absolute atomic E-state index is 6.03. The first-order chi connectivity index (χ1) is 11.7. The third kappa shape index (κ3) is 3.28. The lowest BCUT2D eigenvalue weighted by Gasteiger charge is -2.46. The van der Waals surface area contributed by atoms with Gasteiger partial charge in [-0.2, -0.15) is 9.97 Å². The summed E-state index contributed by atoms with van der Waals surface area (Å²) in [6, 6.07) is 2.11. The smallest absolute Gasteiger partial charge is 0.223 e. The molecule has 1 spiro atoms. The summed E-state index contributed by atoms with van der Waals surface area (Å²) in [6.07, 6.45) is 5.10. The van der Waals surface area contributed by atoms with Gasteiger partial charge in [-0.3, -0.25) is 0 Å². The molecule has 4 heterocycles. The van der Waals surface area contributed by atoms with E-state index in [9.17, 15) is 0 Å². The molecule has 0 radical (unpaired) electrons. The normalized spacial score (nSPS) is 24.3. The van der Waals surface area contributed by atoms with E-state index in [0.29, 0.717) is 11.4 Å². The Labute approximate surface area is 143 Å². The van der Waals surface area contributed by atoms with Crippen molar-refractivity contribution < 1.29 is 4.74 Å². The minimum Gasteiger partial charge on any atom is -0.378 e. The summed E-state index contributed by atoms with van der Waals surface area (Å²) in [4.78, 5) is 13.7. The zero-order valence-corrected chi connectivity index (χ0v) is 14.3. The van der Waals surface area contributed by atoms with Gasteiger partial charge in [-0.25, -0.2) is 0 Å². The van der Waals surface area contributed by atoms with Crippen LogP contribution >= 0.6 is 0 Å². The summed E-state index contributed by atoms with van der Waals surface area (Å²) >= 11 is 0. The van der Waals surface area contributed by atoms with Crippen LogP contribution in [-0.4, -0.2) is 62.5 Å². The van der Waals surface area contributed by atoms with Crippen molar-refractivity contribution in [3.05, 3.63) is 6.07 Å². The molecule has 3 aliphatic heterocycles. The van der Waals surface area contributed by atoms with Crippen LogP contribution in [0.5, 0.6) is 0 Å². The van der Waals surface area contributed by atoms with Crippen molar-refractivity contribution in [2.45, 2.75) is 25.7 Å². The minimum absolute atomic E-state index is 0.374. The van der Waals surface area contributed by atoms with E-state index in [1.165, 1.54) is 25.7 Å². The maximum atomic E-state index is 6.03. The molecule has 7 nitrogen and oxygen atoms in total. The Morgan fingerprint density at radius 1 is 1.00 bits per heavy atom. The third-order valence-electron chi connectivity index (χ3n) is 5.70. The Balaban J connectivity index is 1.55. The third-order valence-corrected chi connectivity index (χ3v) is 5.70. The van der Waals surface area contributed by atoms with Gasteiger partial charge in [0.1, 0.15) is 11.6 Å². The van der Waals surface area contributed by atoms with E-state index in [1.54, 1.807) is 0 Å². The quantitative estimate of drug-likeness (QED) is 0.832. The average Bonchev–Trinajstić information content (AvgIpc) is 2.63. The van der Waals surface area contributed by atoms with E-state index in [2.05, 4.69) is 31.2 Å². The van der Waals surface area contributed by atoms with E-state index in [-0.39, 0.29) is 0 Å². The van der Waals surface area contributed by atoms with Gasteiger partial charge >= 0.3 is 0 Å². The van der Waals surface area contributed by atoms with E-state index in [0.717, 1.165) is 64.1 Å². The van der Waals surface area contributed by atoms with E-state index < -0.39 is 0 Å². The molecule has 4 rings (SSSR count). The summed E-state index contributed by atoms with van der Waals surface area (Å²) < 4.78 is 5.44. The molecule has 3 aliphatic rings. The van der Waals surface area contributed by atoms with Gasteiger partial charge in [0.25, 0.3) is 0 Å². The second-order valence-corrected chi connectivity index (χ2v) is 7.32. The highest BCUT2D eigenvalue weighted by molar-refractivity contribution is 5.54. The molecule has 0 bridgehead atoms. The number of anilines is 3. The number of nitrogens with zero attached hydrogens (tertiary/aromatic N) is 4. The zero-order valence-electron chi connectivity index (χ0n) is 14.3. The predicted molar refractivity (Wildman–Crippen MR) is 95.5 cm³/mol. The first-order valence-corrected chi connectivity index (χ1v) is 9.17. The molecule has 0 atom stereocenters. The summed E-state index contributed by atoms with van der Waals surface area (Å²) in [7, 11) is 0. The zero-order chi connectivity index (χ0) is 16.4. The molecule has 7 heteroatoms. The molecule has 0 aliphatic carbocycles. The average molecular weight is 332 g/mol. The molecular weight excluding hydrogens is 304 g/mol. The lowest BCUT2D eigenvalue weighted by Crippen LogP contribution is -2.49. The van der Waals surface area contributed by atoms with Crippen LogP contribution in [0.3, 0.4) is 0 Å². The number of piperidine rings is 2. The maximum Gasteiger partial charge on any atom is 0.223 e. The minimum atomic E-state index is 0.374. The first kappa shape index (κ1) is 15.9. The number of aromatic nitrogens is 2. The standard InChI is InChI=1S/C17H28N6O/c18-16-20-14(22-8-10-24-11-9-22)12-15(21-16)23-7-1-2-17(13-23)3-5-19-6-4-17/h12,19H,1-11,13H2,(H2,18,20,21). The van der Waals surface area contributed by atoms with Gasteiger partial charge in [0.2, 0.25) is 5.95 Å². The van der Waals surface area contributed by atoms with Gasteiger partial charge in [-0.1, -0.05) is 0 Å². The Kier molecular flexibility index (Phi) is 4.45. The molecule has 1 aromatic rings. The van der Waals surface area contributed by atoms with Crippen molar-refractivity contribution in [3.8, 4) is 0 Å². The number of nitrogen functional groups attached to an aromatic ring is 1. The van der Waals surface area contributed by atoms with Crippen molar-refractivity contribution in [2.75, 3.05) is 68.0 Å². The van der Waals surface area contributed by atoms with Crippen LogP contribution in [-0.2, 0) is 4.74 Å². The van der Waals surface area contributed by atoms with Gasteiger partial charge in [0.05, 0.1) is 13.2 Å². The fraction of sp³-hybridized carbons (Fsp3) is 0.765. The van der Waals surface area contributed by atoms with Crippen molar-refractivity contribution in [1.29, 1.82) is 0 Å². The van der Waals surface area contributed by atoms with Crippen LogP contribution in [0.4, 0.5) is 17.6 Å². The molecule has 0 aromatic carbocycles. The van der Waals surface area contributed by atoms with Crippen LogP contribution in [0.2, 0.25) is 0 Å². The Morgan fingerprint density at radius 2 is 1.71 bits per heavy atom. The van der Waals surface area contributed by atoms with Crippen LogP contribution < -0.4 is 20.9 Å². The van der Waals surface area contributed by atoms with E-state index >= 15 is 0 Å². The number of rotatable bonds is 2. The van der Waals surface area contributed by atoms with Crippen LogP contribution in [0, 0.1) is 5.41 Å². The number of nitrogens with one attached hydrogen (secondary N) is 1. The molecule has 0 amide bonds. The topological polar surface area (TPSA) is 79.5 Å². The second-order valence-electron chi connectivity index (χ2n) is 7.32. The highest BCUT2D eigenvalue weighted by atomic mass is 16.5. The van der Waals surface area contributed by atoms with E-state index in [1.807, 2.05) is 0 Å². The highest BCUT2D eigenvalue weighted by Crippen LogP contribution is 2.39. The molecular formula is C17H28N6O. The number of hydrogen-bond donors (Lipinski definition) is 2. The van der Waals surface area contributed by atoms with Crippen LogP contribution in [0.1, 0.15) is 25.7 Å². The van der Waals surface area contributed by atoms with Crippen LogP contribution in [0.25, 0.3) is 0 Å². The van der Waals surface area contributed by atoms with Gasteiger partial charge in [-0.05, 0) is 44.2 Å². The second kappa shape index (κ2) is 6.72. The largest absolute Gasteiger partial charge is 0.378 e. The molecule has 1 aromatic heterocycles. The number of ether oxygens (including phenoxy) is 1. The molecule has 0 saturated carbocycles. The van der Waals surface area contributed by atoms with Crippen molar-refractivity contribution in [2.24, 2.45) is 5.41 Å². The molecule has 3 fully saturated rings. The predicted octanol–water partition coefficient (Wildman–Crippen LogP) is 0.865. The summed E-state index contributed by atoms with van der Waals surface area (Å²) in [6.45, 7) is 7.66. The molecule has 3 N–H and O–H groups in total. The van der Waals surface area contributed by atoms with Crippen molar-refractivity contribution in [1.82, 2.24) is 15.3 Å². The SMILES string of the molecule is Nc1nc(N2CCOCC2)cc(N2CCCC3(CCNCC3)C2)n1. The molecule has 3 saturated heterocycles. The molecule has 132 valence electrons. The Bertz CT molecular complexity index is 563. The molecule has 24 heavy (non-hydrogen) atoms. The van der Waals surface area contributed by atoms with Gasteiger partial charge < -0.3 is 25.6 Å². The first-order valence-electron chi connectivity index (χ1n) is 9.17. The Morgan fingerprint density at radius 3 is 2.46 bits per heavy atom. The number of nitrogens with two attached hydrogens (primary N) is 1. The fourth-order valence-electron chi connectivity index (χ4n) is 4.32. The summed E-state index contributed by atoms with van der Waals surface area (Å²) in [5, 5.41) is 3.49. The lowest BCUT2D eigenvalue weighted by atomic mass is 9.73. The summed E-state index contributed by atoms with van der Waals surface area (Å²) in [5.41, 5.74) is 6.47. The summed E-state index contributed by atoms with van der Waals surface area (Å²) in [5.74, 6) is 2.30. The van der Waals surface area contributed by atoms with Crippen LogP contribution in [0.15, 0.2) is 6.07 Å². The van der Waals surface area contributed by atoms with Gasteiger partial charge in [0, 0.05) is 32.2 Å². The van der Waals surface area contributed by atoms with Gasteiger partial charge in [0.15, 0.2) is 0 Å². The van der Waals surface area contributed by atoms with E-state index in [4.69, 9.17) is 10.5 Å². The molecule has 0 unspecified atom stereocenters. The monoisotopic (exact) mass is 332 g/mol. The van der Waals surface area contributed by atoms with Crippen molar-refractivity contribution >= 4 is 17.6 Å². The fourth-order valence-corrected chi connectivity index (χ4v) is 4.32. The number of hydrogen-bond acceptors (Lipinski definition) is 7. The highest BCUT2D eigenvalue weighted by Gasteiger charge is 2.37. The number of morpholine rings is 1. The Hall–Kier alpha value is -1.60.